The molecule has 1 fully saturated rings. The first-order valence-corrected chi connectivity index (χ1v) is 8.70. The third kappa shape index (κ3) is 5.39. The van der Waals surface area contributed by atoms with E-state index in [0.29, 0.717) is 6.04 Å². The number of halogens is 1. The summed E-state index contributed by atoms with van der Waals surface area (Å²) < 4.78 is 17.8. The highest BCUT2D eigenvalue weighted by molar-refractivity contribution is 5.87. The average Bonchev–Trinajstić information content (AvgIpc) is 3.49. The Labute approximate surface area is 153 Å². The quantitative estimate of drug-likeness (QED) is 0.459. The summed E-state index contributed by atoms with van der Waals surface area (Å²) in [6.45, 7) is 0.750. The highest BCUT2D eigenvalue weighted by Crippen LogP contribution is 2.23. The number of methoxy groups -OCH3 is 1. The second-order valence-electron chi connectivity index (χ2n) is 6.35. The predicted molar refractivity (Wildman–Crippen MR) is 103 cm³/mol. The molecule has 0 heterocycles. The maximum atomic E-state index is 13.2. The van der Waals surface area contributed by atoms with E-state index in [4.69, 9.17) is 0 Å². The molecule has 0 amide bonds. The number of hydrogen-bond donors (Lipinski definition) is 1. The molecule has 0 radical (unpaired) electrons. The van der Waals surface area contributed by atoms with Crippen LogP contribution in [0.5, 0.6) is 0 Å². The maximum Gasteiger partial charge on any atom is 0.330 e. The van der Waals surface area contributed by atoms with Crippen molar-refractivity contribution in [2.24, 2.45) is 0 Å². The van der Waals surface area contributed by atoms with Crippen LogP contribution in [-0.2, 0) is 9.53 Å². The molecule has 1 N–H and O–H groups in total. The highest BCUT2D eigenvalue weighted by Gasteiger charge is 2.20. The highest BCUT2D eigenvalue weighted by atomic mass is 19.1. The number of nitrogens with one attached hydrogen (secondary N) is 1. The summed E-state index contributed by atoms with van der Waals surface area (Å²) in [5.41, 5.74) is 4.10. The van der Waals surface area contributed by atoms with Crippen LogP contribution in [0, 0.1) is 5.82 Å². The van der Waals surface area contributed by atoms with Gasteiger partial charge in [0.25, 0.3) is 0 Å². The van der Waals surface area contributed by atoms with E-state index in [1.165, 1.54) is 38.2 Å². The van der Waals surface area contributed by atoms with Crippen molar-refractivity contribution in [1.29, 1.82) is 0 Å². The summed E-state index contributed by atoms with van der Waals surface area (Å²) in [6.07, 6.45) is 7.66. The Morgan fingerprint density at radius 1 is 1.12 bits per heavy atom. The Bertz CT molecular complexity index is 803. The van der Waals surface area contributed by atoms with Gasteiger partial charge in [-0.05, 0) is 59.4 Å². The van der Waals surface area contributed by atoms with Crippen LogP contribution in [0.4, 0.5) is 4.39 Å². The van der Waals surface area contributed by atoms with E-state index < -0.39 is 0 Å². The molecule has 2 aromatic carbocycles. The van der Waals surface area contributed by atoms with Gasteiger partial charge in [0, 0.05) is 18.7 Å². The van der Waals surface area contributed by atoms with Crippen molar-refractivity contribution >= 4 is 23.7 Å². The maximum absolute atomic E-state index is 13.2. The number of benzene rings is 2. The molecule has 0 aromatic heterocycles. The van der Waals surface area contributed by atoms with Gasteiger partial charge in [-0.15, -0.1) is 0 Å². The second-order valence-corrected chi connectivity index (χ2v) is 6.35. The molecule has 2 aromatic rings. The van der Waals surface area contributed by atoms with E-state index in [1.54, 1.807) is 6.08 Å². The molecule has 0 atom stereocenters. The van der Waals surface area contributed by atoms with Crippen LogP contribution in [0.25, 0.3) is 17.7 Å². The van der Waals surface area contributed by atoms with Crippen molar-refractivity contribution < 1.29 is 13.9 Å². The zero-order chi connectivity index (χ0) is 18.4. The lowest BCUT2D eigenvalue weighted by atomic mass is 10.0. The van der Waals surface area contributed by atoms with Crippen LogP contribution in [0.1, 0.15) is 29.5 Å². The lowest BCUT2D eigenvalue weighted by Gasteiger charge is -2.10. The van der Waals surface area contributed by atoms with Crippen LogP contribution in [0.15, 0.2) is 54.6 Å². The SMILES string of the molecule is COC(=O)C=Cc1ccc(/C=C(/CNC2CC2)c2ccc(F)cc2)cc1. The molecule has 0 aliphatic heterocycles. The molecule has 0 saturated heterocycles. The summed E-state index contributed by atoms with van der Waals surface area (Å²) in [5, 5.41) is 3.52. The fourth-order valence-electron chi connectivity index (χ4n) is 2.58. The Kier molecular flexibility index (Phi) is 5.97. The minimum absolute atomic E-state index is 0.231. The third-order valence-corrected chi connectivity index (χ3v) is 4.26. The molecule has 1 saturated carbocycles. The first-order valence-electron chi connectivity index (χ1n) is 8.70. The number of esters is 1. The molecular weight excluding hydrogens is 329 g/mol. The minimum atomic E-state index is -0.376. The number of carbonyl (C=O) groups is 1. The predicted octanol–water partition coefficient (Wildman–Crippen LogP) is 4.30. The van der Waals surface area contributed by atoms with Crippen molar-refractivity contribution in [3.63, 3.8) is 0 Å². The molecule has 1 aliphatic rings. The van der Waals surface area contributed by atoms with Gasteiger partial charge in [-0.1, -0.05) is 36.4 Å². The summed E-state index contributed by atoms with van der Waals surface area (Å²) in [6, 6.07) is 15.1. The summed E-state index contributed by atoms with van der Waals surface area (Å²) in [4.78, 5) is 11.2. The van der Waals surface area contributed by atoms with Gasteiger partial charge in [0.2, 0.25) is 0 Å². The molecule has 134 valence electrons. The van der Waals surface area contributed by atoms with Gasteiger partial charge in [-0.2, -0.15) is 0 Å². The largest absolute Gasteiger partial charge is 0.466 e. The monoisotopic (exact) mass is 351 g/mol. The van der Waals surface area contributed by atoms with Crippen molar-refractivity contribution in [2.45, 2.75) is 18.9 Å². The molecule has 3 rings (SSSR count). The molecule has 3 nitrogen and oxygen atoms in total. The van der Waals surface area contributed by atoms with Crippen LogP contribution in [0.2, 0.25) is 0 Å². The van der Waals surface area contributed by atoms with E-state index in [9.17, 15) is 9.18 Å². The third-order valence-electron chi connectivity index (χ3n) is 4.26. The average molecular weight is 351 g/mol. The molecule has 4 heteroatoms. The standard InChI is InChI=1S/C22H22FNO2/c1-26-22(25)13-6-16-2-4-17(5-3-16)14-19(15-24-21-11-12-21)18-7-9-20(23)10-8-18/h2-10,13-14,21,24H,11-12,15H2,1H3/b13-6?,19-14-. The topological polar surface area (TPSA) is 38.3 Å². The smallest absolute Gasteiger partial charge is 0.330 e. The molecule has 0 spiro atoms. The molecule has 1 aliphatic carbocycles. The number of carbonyl (C=O) groups excluding carboxylic acids is 1. The summed E-state index contributed by atoms with van der Waals surface area (Å²) in [5.74, 6) is -0.608. The Balaban J connectivity index is 1.78. The van der Waals surface area contributed by atoms with E-state index in [-0.39, 0.29) is 11.8 Å². The molecular formula is C22H22FNO2. The van der Waals surface area contributed by atoms with Crippen molar-refractivity contribution in [2.75, 3.05) is 13.7 Å². The molecule has 0 unspecified atom stereocenters. The lowest BCUT2D eigenvalue weighted by molar-refractivity contribution is -0.134. The normalized spacial score (nSPS) is 14.6. The molecule has 0 bridgehead atoms. The summed E-state index contributed by atoms with van der Waals surface area (Å²) >= 11 is 0. The van der Waals surface area contributed by atoms with Gasteiger partial charge >= 0.3 is 5.97 Å². The van der Waals surface area contributed by atoms with Gasteiger partial charge in [0.15, 0.2) is 0 Å². The summed E-state index contributed by atoms with van der Waals surface area (Å²) in [7, 11) is 1.35. The van der Waals surface area contributed by atoms with E-state index in [1.807, 2.05) is 36.4 Å². The zero-order valence-electron chi connectivity index (χ0n) is 14.7. The van der Waals surface area contributed by atoms with Crippen LogP contribution < -0.4 is 5.32 Å². The number of ether oxygens (including phenoxy) is 1. The van der Waals surface area contributed by atoms with Crippen molar-refractivity contribution in [3.05, 3.63) is 77.1 Å². The number of hydrogen-bond acceptors (Lipinski definition) is 3. The van der Waals surface area contributed by atoms with Crippen molar-refractivity contribution in [1.82, 2.24) is 5.32 Å². The van der Waals surface area contributed by atoms with Crippen LogP contribution in [0.3, 0.4) is 0 Å². The second kappa shape index (κ2) is 8.59. The molecule has 26 heavy (non-hydrogen) atoms. The van der Waals surface area contributed by atoms with Crippen LogP contribution in [-0.4, -0.2) is 25.7 Å². The van der Waals surface area contributed by atoms with Gasteiger partial charge in [0.1, 0.15) is 5.82 Å². The fraction of sp³-hybridized carbons (Fsp3) is 0.227. The van der Waals surface area contributed by atoms with E-state index in [0.717, 1.165) is 28.8 Å². The van der Waals surface area contributed by atoms with Gasteiger partial charge in [-0.3, -0.25) is 0 Å². The number of rotatable bonds is 7. The fourth-order valence-corrected chi connectivity index (χ4v) is 2.58. The van der Waals surface area contributed by atoms with Gasteiger partial charge in [0.05, 0.1) is 7.11 Å². The Morgan fingerprint density at radius 3 is 2.38 bits per heavy atom. The Hall–Kier alpha value is -2.72. The lowest BCUT2D eigenvalue weighted by Crippen LogP contribution is -2.18. The first-order chi connectivity index (χ1) is 12.6. The van der Waals surface area contributed by atoms with E-state index >= 15 is 0 Å². The van der Waals surface area contributed by atoms with E-state index in [2.05, 4.69) is 16.1 Å². The zero-order valence-corrected chi connectivity index (χ0v) is 14.7. The van der Waals surface area contributed by atoms with Crippen molar-refractivity contribution in [3.8, 4) is 0 Å². The van der Waals surface area contributed by atoms with Gasteiger partial charge in [-0.25, -0.2) is 9.18 Å². The first kappa shape index (κ1) is 18.1. The minimum Gasteiger partial charge on any atom is -0.466 e. The Morgan fingerprint density at radius 2 is 1.77 bits per heavy atom. The van der Waals surface area contributed by atoms with Crippen LogP contribution >= 0.6 is 0 Å². The van der Waals surface area contributed by atoms with Gasteiger partial charge < -0.3 is 10.1 Å².